The minimum absolute atomic E-state index is 0.307. The van der Waals surface area contributed by atoms with Crippen LogP contribution in [-0.2, 0) is 16.0 Å². The maximum Gasteiger partial charge on any atom is 0.230 e. The lowest BCUT2D eigenvalue weighted by Gasteiger charge is -2.40. The number of hydrogen-bond donors (Lipinski definition) is 1. The summed E-state index contributed by atoms with van der Waals surface area (Å²) in [6.45, 7) is 5.07. The van der Waals surface area contributed by atoms with E-state index in [1.807, 2.05) is 0 Å². The molecule has 1 aromatic rings. The Morgan fingerprint density at radius 1 is 1.32 bits per heavy atom. The third-order valence-corrected chi connectivity index (χ3v) is 6.01. The molecule has 25 heavy (non-hydrogen) atoms. The third kappa shape index (κ3) is 3.60. The van der Waals surface area contributed by atoms with E-state index in [4.69, 9.17) is 9.26 Å². The van der Waals surface area contributed by atoms with Gasteiger partial charge in [-0.3, -0.25) is 4.79 Å². The summed E-state index contributed by atoms with van der Waals surface area (Å²) in [5, 5.41) is 7.71. The molecule has 0 spiro atoms. The lowest BCUT2D eigenvalue weighted by molar-refractivity contribution is -0.144. The van der Waals surface area contributed by atoms with Gasteiger partial charge in [0.2, 0.25) is 5.91 Å². The Morgan fingerprint density at radius 2 is 2.20 bits per heavy atom. The molecule has 1 aromatic heterocycles. The second-order valence-corrected chi connectivity index (χ2v) is 7.87. The second-order valence-electron chi connectivity index (χ2n) is 7.87. The van der Waals surface area contributed by atoms with Crippen LogP contribution in [-0.4, -0.2) is 55.4 Å². The summed E-state index contributed by atoms with van der Waals surface area (Å²) in [5.74, 6) is 1.49. The molecular weight excluding hydrogens is 318 g/mol. The van der Waals surface area contributed by atoms with Gasteiger partial charge in [0.25, 0.3) is 0 Å². The summed E-state index contributed by atoms with van der Waals surface area (Å²) in [4.78, 5) is 15.4. The first-order valence-corrected chi connectivity index (χ1v) is 9.80. The number of piperidine rings is 2. The predicted molar refractivity (Wildman–Crippen MR) is 93.4 cm³/mol. The fourth-order valence-electron chi connectivity index (χ4n) is 4.52. The topological polar surface area (TPSA) is 67.6 Å². The highest BCUT2D eigenvalue weighted by Crippen LogP contribution is 2.35. The summed E-state index contributed by atoms with van der Waals surface area (Å²) in [6, 6.07) is 2.05. The van der Waals surface area contributed by atoms with Crippen LogP contribution in [0.15, 0.2) is 10.6 Å². The Bertz CT molecular complexity index is 582. The van der Waals surface area contributed by atoms with Gasteiger partial charge in [-0.2, -0.15) is 0 Å². The van der Waals surface area contributed by atoms with Crippen LogP contribution in [0.2, 0.25) is 0 Å². The number of hydrogen-bond acceptors (Lipinski definition) is 5. The predicted octanol–water partition coefficient (Wildman–Crippen LogP) is 2.10. The van der Waals surface area contributed by atoms with E-state index in [0.29, 0.717) is 18.2 Å². The van der Waals surface area contributed by atoms with E-state index in [0.717, 1.165) is 83.0 Å². The number of carbonyl (C=O) groups excluding carboxylic acids is 1. The van der Waals surface area contributed by atoms with E-state index in [1.54, 1.807) is 0 Å². The second kappa shape index (κ2) is 7.46. The summed E-state index contributed by atoms with van der Waals surface area (Å²) < 4.78 is 11.1. The van der Waals surface area contributed by atoms with E-state index >= 15 is 0 Å². The quantitative estimate of drug-likeness (QED) is 0.903. The lowest BCUT2D eigenvalue weighted by atomic mass is 9.75. The largest absolute Gasteiger partial charge is 0.381 e. The van der Waals surface area contributed by atoms with Crippen molar-refractivity contribution in [2.24, 2.45) is 5.41 Å². The molecule has 4 heterocycles. The van der Waals surface area contributed by atoms with Gasteiger partial charge in [0.15, 0.2) is 0 Å². The standard InChI is InChI=1S/C19H29N3O3/c23-18(22-8-2-1-3-9-22)19(6-4-7-20-14-19)12-16-11-17(21-25-16)15-5-10-24-13-15/h11,15,20H,1-10,12-14H2. The van der Waals surface area contributed by atoms with E-state index in [-0.39, 0.29) is 5.41 Å². The van der Waals surface area contributed by atoms with Crippen LogP contribution in [0.3, 0.4) is 0 Å². The number of ether oxygens (including phenoxy) is 1. The molecule has 0 radical (unpaired) electrons. The first-order valence-electron chi connectivity index (χ1n) is 9.80. The zero-order valence-electron chi connectivity index (χ0n) is 15.0. The van der Waals surface area contributed by atoms with Crippen LogP contribution in [0, 0.1) is 5.41 Å². The first-order chi connectivity index (χ1) is 12.3. The van der Waals surface area contributed by atoms with Crippen molar-refractivity contribution in [1.29, 1.82) is 0 Å². The van der Waals surface area contributed by atoms with E-state index in [1.165, 1.54) is 6.42 Å². The van der Waals surface area contributed by atoms with Crippen molar-refractivity contribution in [2.45, 2.75) is 50.9 Å². The lowest BCUT2D eigenvalue weighted by Crippen LogP contribution is -2.54. The minimum atomic E-state index is -0.376. The molecule has 2 unspecified atom stereocenters. The molecule has 4 rings (SSSR count). The number of amides is 1. The molecule has 0 aliphatic carbocycles. The van der Waals surface area contributed by atoms with Crippen LogP contribution in [0.4, 0.5) is 0 Å². The molecule has 3 saturated heterocycles. The molecule has 2 atom stereocenters. The van der Waals surface area contributed by atoms with Gasteiger partial charge in [-0.05, 0) is 45.1 Å². The van der Waals surface area contributed by atoms with Gasteiger partial charge in [0, 0.05) is 44.6 Å². The first kappa shape index (κ1) is 17.0. The summed E-state index contributed by atoms with van der Waals surface area (Å²) >= 11 is 0. The maximum atomic E-state index is 13.3. The van der Waals surface area contributed by atoms with Crippen LogP contribution in [0.1, 0.15) is 55.9 Å². The van der Waals surface area contributed by atoms with E-state index in [9.17, 15) is 4.79 Å². The number of likely N-dealkylation sites (tertiary alicyclic amines) is 1. The van der Waals surface area contributed by atoms with Crippen molar-refractivity contribution >= 4 is 5.91 Å². The molecule has 0 saturated carbocycles. The highest BCUT2D eigenvalue weighted by atomic mass is 16.5. The minimum Gasteiger partial charge on any atom is -0.381 e. The number of carbonyl (C=O) groups is 1. The molecule has 0 aromatic carbocycles. The van der Waals surface area contributed by atoms with Crippen LogP contribution in [0.5, 0.6) is 0 Å². The number of nitrogens with one attached hydrogen (secondary N) is 1. The van der Waals surface area contributed by atoms with Gasteiger partial charge in [-0.25, -0.2) is 0 Å². The molecule has 0 bridgehead atoms. The Labute approximate surface area is 149 Å². The zero-order valence-corrected chi connectivity index (χ0v) is 15.0. The van der Waals surface area contributed by atoms with Gasteiger partial charge in [0.1, 0.15) is 5.76 Å². The van der Waals surface area contributed by atoms with Gasteiger partial charge < -0.3 is 19.5 Å². The monoisotopic (exact) mass is 347 g/mol. The van der Waals surface area contributed by atoms with Crippen molar-refractivity contribution < 1.29 is 14.1 Å². The normalized spacial score (nSPS) is 30.6. The summed E-state index contributed by atoms with van der Waals surface area (Å²) in [7, 11) is 0. The summed E-state index contributed by atoms with van der Waals surface area (Å²) in [6.07, 6.45) is 7.12. The molecule has 1 amide bonds. The molecule has 3 aliphatic rings. The molecule has 6 nitrogen and oxygen atoms in total. The molecule has 3 fully saturated rings. The molecule has 6 heteroatoms. The highest BCUT2D eigenvalue weighted by Gasteiger charge is 2.43. The molecular formula is C19H29N3O3. The number of aromatic nitrogens is 1. The Hall–Kier alpha value is -1.40. The van der Waals surface area contributed by atoms with Crippen molar-refractivity contribution in [3.8, 4) is 0 Å². The average Bonchev–Trinajstić information content (AvgIpc) is 3.34. The zero-order chi connectivity index (χ0) is 17.1. The molecule has 3 aliphatic heterocycles. The van der Waals surface area contributed by atoms with Crippen molar-refractivity contribution in [1.82, 2.24) is 15.4 Å². The Kier molecular flexibility index (Phi) is 5.08. The SMILES string of the molecule is O=C(N1CCCCC1)C1(Cc2cc(C3CCOC3)no2)CCCNC1. The van der Waals surface area contributed by atoms with Crippen LogP contribution in [0.25, 0.3) is 0 Å². The average molecular weight is 347 g/mol. The van der Waals surface area contributed by atoms with Gasteiger partial charge in [-0.1, -0.05) is 5.16 Å². The van der Waals surface area contributed by atoms with E-state index < -0.39 is 0 Å². The Balaban J connectivity index is 1.51. The highest BCUT2D eigenvalue weighted by molar-refractivity contribution is 5.83. The molecule has 1 N–H and O–H groups in total. The van der Waals surface area contributed by atoms with Crippen molar-refractivity contribution in [3.05, 3.63) is 17.5 Å². The van der Waals surface area contributed by atoms with Crippen molar-refractivity contribution in [2.75, 3.05) is 39.4 Å². The smallest absolute Gasteiger partial charge is 0.230 e. The van der Waals surface area contributed by atoms with Gasteiger partial charge in [0.05, 0.1) is 17.7 Å². The fourth-order valence-corrected chi connectivity index (χ4v) is 4.52. The molecule has 138 valence electrons. The number of nitrogens with zero attached hydrogens (tertiary/aromatic N) is 2. The number of rotatable bonds is 4. The maximum absolute atomic E-state index is 13.3. The van der Waals surface area contributed by atoms with Crippen LogP contribution >= 0.6 is 0 Å². The third-order valence-electron chi connectivity index (χ3n) is 6.01. The van der Waals surface area contributed by atoms with E-state index in [2.05, 4.69) is 21.4 Å². The summed E-state index contributed by atoms with van der Waals surface area (Å²) in [5.41, 5.74) is 0.607. The van der Waals surface area contributed by atoms with Crippen molar-refractivity contribution in [3.63, 3.8) is 0 Å². The van der Waals surface area contributed by atoms with Crippen LogP contribution < -0.4 is 5.32 Å². The Morgan fingerprint density at radius 3 is 2.92 bits per heavy atom. The fraction of sp³-hybridized carbons (Fsp3) is 0.789. The van der Waals surface area contributed by atoms with Gasteiger partial charge >= 0.3 is 0 Å². The van der Waals surface area contributed by atoms with Gasteiger partial charge in [-0.15, -0.1) is 0 Å².